The van der Waals surface area contributed by atoms with E-state index >= 15 is 0 Å². The average Bonchev–Trinajstić information content (AvgIpc) is 2.68. The molecule has 100 valence electrons. The van der Waals surface area contributed by atoms with Gasteiger partial charge in [-0.3, -0.25) is 9.69 Å². The molecule has 2 rings (SSSR count). The zero-order chi connectivity index (χ0) is 13.0. The Kier molecular flexibility index (Phi) is 4.44. The first kappa shape index (κ1) is 13.2. The second kappa shape index (κ2) is 6.07. The third-order valence-corrected chi connectivity index (χ3v) is 3.87. The summed E-state index contributed by atoms with van der Waals surface area (Å²) in [5, 5.41) is 3.75. The van der Waals surface area contributed by atoms with Crippen molar-refractivity contribution in [3.63, 3.8) is 0 Å². The Labute approximate surface area is 107 Å². The van der Waals surface area contributed by atoms with Gasteiger partial charge in [0.15, 0.2) is 0 Å². The summed E-state index contributed by atoms with van der Waals surface area (Å²) >= 11 is 0. The average molecular weight is 252 g/mol. The number of hydrogen-bond donors (Lipinski definition) is 0. The van der Waals surface area contributed by atoms with Crippen molar-refractivity contribution in [1.29, 1.82) is 0 Å². The van der Waals surface area contributed by atoms with Crippen molar-refractivity contribution in [2.24, 2.45) is 11.0 Å². The van der Waals surface area contributed by atoms with E-state index in [-0.39, 0.29) is 18.1 Å². The molecule has 0 amide bonds. The van der Waals surface area contributed by atoms with E-state index in [9.17, 15) is 4.79 Å². The Morgan fingerprint density at radius 3 is 2.89 bits per heavy atom. The lowest BCUT2D eigenvalue weighted by atomic mass is 9.85. The van der Waals surface area contributed by atoms with Crippen molar-refractivity contribution in [3.8, 4) is 0 Å². The topological polar surface area (TPSA) is 78.3 Å². The van der Waals surface area contributed by atoms with Gasteiger partial charge in [0, 0.05) is 18.0 Å². The first-order chi connectivity index (χ1) is 8.74. The molecular formula is C12H20N4O2. The quantitative estimate of drug-likeness (QED) is 0.325. The number of carbonyl (C=O) groups excluding carboxylic acids is 1. The molecule has 6 nitrogen and oxygen atoms in total. The minimum atomic E-state index is -0.221. The maximum atomic E-state index is 11.9. The maximum Gasteiger partial charge on any atom is 0.323 e. The van der Waals surface area contributed by atoms with Gasteiger partial charge in [-0.2, -0.15) is 0 Å². The summed E-state index contributed by atoms with van der Waals surface area (Å²) in [4.78, 5) is 16.9. The van der Waals surface area contributed by atoms with Gasteiger partial charge in [0.25, 0.3) is 0 Å². The van der Waals surface area contributed by atoms with Crippen molar-refractivity contribution >= 4 is 5.97 Å². The van der Waals surface area contributed by atoms with Crippen LogP contribution >= 0.6 is 0 Å². The number of carbonyl (C=O) groups is 1. The molecular weight excluding hydrogens is 232 g/mol. The Bertz CT molecular complexity index is 350. The lowest BCUT2D eigenvalue weighted by Crippen LogP contribution is -2.41. The van der Waals surface area contributed by atoms with Gasteiger partial charge in [-0.25, -0.2) is 0 Å². The van der Waals surface area contributed by atoms with Crippen LogP contribution in [-0.2, 0) is 9.53 Å². The molecule has 2 fully saturated rings. The van der Waals surface area contributed by atoms with Crippen LogP contribution in [0.3, 0.4) is 0 Å². The van der Waals surface area contributed by atoms with E-state index < -0.39 is 0 Å². The van der Waals surface area contributed by atoms with E-state index in [2.05, 4.69) is 14.9 Å². The summed E-state index contributed by atoms with van der Waals surface area (Å²) in [6, 6.07) is -0.314. The molecule has 0 radical (unpaired) electrons. The van der Waals surface area contributed by atoms with Gasteiger partial charge in [0.1, 0.15) is 6.04 Å². The standard InChI is InChI=1S/C12H20N4O2/c1-2-18-12(17)11-6-10(14-15-13)8-16(11)7-9-4-3-5-9/h9-11H,2-8H2,1H3/t10-,11-/m0/s1. The predicted molar refractivity (Wildman–Crippen MR) is 66.9 cm³/mol. The number of rotatable bonds is 5. The largest absolute Gasteiger partial charge is 0.465 e. The summed E-state index contributed by atoms with van der Waals surface area (Å²) < 4.78 is 5.10. The zero-order valence-corrected chi connectivity index (χ0v) is 10.8. The van der Waals surface area contributed by atoms with Crippen molar-refractivity contribution in [3.05, 3.63) is 10.4 Å². The second-order valence-electron chi connectivity index (χ2n) is 5.11. The lowest BCUT2D eigenvalue weighted by molar-refractivity contribution is -0.148. The van der Waals surface area contributed by atoms with Crippen LogP contribution in [0.2, 0.25) is 0 Å². The third-order valence-electron chi connectivity index (χ3n) is 3.87. The van der Waals surface area contributed by atoms with E-state index in [1.807, 2.05) is 6.92 Å². The Hall–Kier alpha value is -1.26. The van der Waals surface area contributed by atoms with E-state index in [1.54, 1.807) is 0 Å². The van der Waals surface area contributed by atoms with Crippen molar-refractivity contribution < 1.29 is 9.53 Å². The number of azide groups is 1. The molecule has 1 saturated carbocycles. The smallest absolute Gasteiger partial charge is 0.323 e. The fourth-order valence-corrected chi connectivity index (χ4v) is 2.73. The fraction of sp³-hybridized carbons (Fsp3) is 0.917. The number of likely N-dealkylation sites (tertiary alicyclic amines) is 1. The summed E-state index contributed by atoms with van der Waals surface area (Å²) in [7, 11) is 0. The predicted octanol–water partition coefficient (Wildman–Crippen LogP) is 2.10. The molecule has 1 heterocycles. The van der Waals surface area contributed by atoms with E-state index in [0.717, 1.165) is 6.54 Å². The van der Waals surface area contributed by atoms with Crippen molar-refractivity contribution in [1.82, 2.24) is 4.90 Å². The van der Waals surface area contributed by atoms with Crippen LogP contribution in [0.4, 0.5) is 0 Å². The van der Waals surface area contributed by atoms with Crippen LogP contribution in [0.5, 0.6) is 0 Å². The SMILES string of the molecule is CCOC(=O)[C@@H]1C[C@H](N=[N+]=[N-])CN1CC1CCC1. The minimum Gasteiger partial charge on any atom is -0.465 e. The highest BCUT2D eigenvalue weighted by Gasteiger charge is 2.38. The fourth-order valence-electron chi connectivity index (χ4n) is 2.73. The molecule has 6 heteroatoms. The molecule has 1 aliphatic carbocycles. The van der Waals surface area contributed by atoms with Crippen LogP contribution < -0.4 is 0 Å². The molecule has 0 bridgehead atoms. The number of nitrogens with zero attached hydrogens (tertiary/aromatic N) is 4. The third kappa shape index (κ3) is 2.94. The van der Waals surface area contributed by atoms with E-state index in [4.69, 9.17) is 10.3 Å². The first-order valence-electron chi connectivity index (χ1n) is 6.69. The highest BCUT2D eigenvalue weighted by atomic mass is 16.5. The summed E-state index contributed by atoms with van der Waals surface area (Å²) in [6.07, 6.45) is 4.38. The van der Waals surface area contributed by atoms with Crippen LogP contribution in [0.25, 0.3) is 10.4 Å². The van der Waals surface area contributed by atoms with Gasteiger partial charge in [-0.05, 0) is 37.6 Å². The van der Waals surface area contributed by atoms with Crippen molar-refractivity contribution in [2.45, 2.75) is 44.7 Å². The molecule has 0 N–H and O–H groups in total. The van der Waals surface area contributed by atoms with Crippen LogP contribution in [0, 0.1) is 5.92 Å². The van der Waals surface area contributed by atoms with Crippen molar-refractivity contribution in [2.75, 3.05) is 19.7 Å². The highest BCUT2D eigenvalue weighted by Crippen LogP contribution is 2.31. The molecule has 0 spiro atoms. The molecule has 1 saturated heterocycles. The molecule has 18 heavy (non-hydrogen) atoms. The monoisotopic (exact) mass is 252 g/mol. The Balaban J connectivity index is 1.97. The Morgan fingerprint density at radius 2 is 2.33 bits per heavy atom. The number of esters is 1. The van der Waals surface area contributed by atoms with Crippen LogP contribution in [-0.4, -0.2) is 42.6 Å². The molecule has 0 aromatic carbocycles. The van der Waals surface area contributed by atoms with Crippen LogP contribution in [0.15, 0.2) is 5.11 Å². The maximum absolute atomic E-state index is 11.9. The summed E-state index contributed by atoms with van der Waals surface area (Å²) in [5.74, 6) is 0.527. The van der Waals surface area contributed by atoms with Crippen LogP contribution in [0.1, 0.15) is 32.6 Å². The van der Waals surface area contributed by atoms with Gasteiger partial charge in [-0.1, -0.05) is 11.5 Å². The number of hydrogen-bond acceptors (Lipinski definition) is 4. The van der Waals surface area contributed by atoms with Gasteiger partial charge in [0.05, 0.1) is 12.6 Å². The van der Waals surface area contributed by atoms with Gasteiger partial charge >= 0.3 is 5.97 Å². The molecule has 2 aliphatic rings. The van der Waals surface area contributed by atoms with Gasteiger partial charge < -0.3 is 4.74 Å². The minimum absolute atomic E-state index is 0.0931. The zero-order valence-electron chi connectivity index (χ0n) is 10.8. The van der Waals surface area contributed by atoms with E-state index in [0.29, 0.717) is 25.5 Å². The van der Waals surface area contributed by atoms with Gasteiger partial charge in [-0.15, -0.1) is 0 Å². The summed E-state index contributed by atoms with van der Waals surface area (Å²) in [5.41, 5.74) is 8.50. The van der Waals surface area contributed by atoms with Gasteiger partial charge in [0.2, 0.25) is 0 Å². The molecule has 0 aromatic heterocycles. The second-order valence-corrected chi connectivity index (χ2v) is 5.11. The highest BCUT2D eigenvalue weighted by molar-refractivity contribution is 5.76. The molecule has 2 atom stereocenters. The normalized spacial score (nSPS) is 28.5. The first-order valence-corrected chi connectivity index (χ1v) is 6.69. The van der Waals surface area contributed by atoms with E-state index in [1.165, 1.54) is 19.3 Å². The number of ether oxygens (including phenoxy) is 1. The molecule has 0 aromatic rings. The Morgan fingerprint density at radius 1 is 1.56 bits per heavy atom. The molecule has 0 unspecified atom stereocenters. The molecule has 1 aliphatic heterocycles. The lowest BCUT2D eigenvalue weighted by Gasteiger charge is -2.32. The summed E-state index contributed by atoms with van der Waals surface area (Å²) in [6.45, 7) is 3.83.